The molecule has 6 heteroatoms. The summed E-state index contributed by atoms with van der Waals surface area (Å²) in [6, 6.07) is 8.88. The third-order valence-corrected chi connectivity index (χ3v) is 5.15. The smallest absolute Gasteiger partial charge is 0.191 e. The largest absolute Gasteiger partial charge is 0.489 e. The van der Waals surface area contributed by atoms with Crippen molar-refractivity contribution in [1.29, 1.82) is 0 Å². The maximum atomic E-state index is 6.01. The molecule has 2 N–H and O–H groups in total. The van der Waals surface area contributed by atoms with E-state index in [1.54, 1.807) is 0 Å². The number of benzene rings is 1. The molecule has 1 heterocycles. The predicted molar refractivity (Wildman–Crippen MR) is 108 cm³/mol. The van der Waals surface area contributed by atoms with E-state index in [9.17, 15) is 0 Å². The molecule has 26 heavy (non-hydrogen) atoms. The molecule has 1 saturated heterocycles. The number of likely N-dealkylation sites (tertiary alicyclic amines) is 1. The number of nitrogens with one attached hydrogen (secondary N) is 2. The Balaban J connectivity index is 1.46. The molecule has 1 unspecified atom stereocenters. The fourth-order valence-corrected chi connectivity index (χ4v) is 3.57. The molecule has 0 spiro atoms. The van der Waals surface area contributed by atoms with Crippen LogP contribution in [0.2, 0.25) is 5.02 Å². The Bertz CT molecular complexity index is 597. The summed E-state index contributed by atoms with van der Waals surface area (Å²) in [6.45, 7) is 7.99. The van der Waals surface area contributed by atoms with Crippen molar-refractivity contribution in [3.8, 4) is 5.75 Å². The van der Waals surface area contributed by atoms with Crippen LogP contribution in [0.5, 0.6) is 5.75 Å². The van der Waals surface area contributed by atoms with Crippen LogP contribution in [0.25, 0.3) is 0 Å². The van der Waals surface area contributed by atoms with E-state index in [4.69, 9.17) is 21.3 Å². The molecule has 2 aliphatic rings. The second-order valence-electron chi connectivity index (χ2n) is 7.29. The van der Waals surface area contributed by atoms with E-state index in [1.807, 2.05) is 31.2 Å². The van der Waals surface area contributed by atoms with Crippen LogP contribution in [0.1, 0.15) is 39.5 Å². The first kappa shape index (κ1) is 19.3. The van der Waals surface area contributed by atoms with Crippen molar-refractivity contribution in [2.75, 3.05) is 26.2 Å². The Kier molecular flexibility index (Phi) is 7.03. The zero-order valence-corrected chi connectivity index (χ0v) is 16.6. The number of guanidine groups is 1. The lowest BCUT2D eigenvalue weighted by Crippen LogP contribution is -2.49. The second-order valence-corrected chi connectivity index (χ2v) is 7.73. The fraction of sp³-hybridized carbons (Fsp3) is 0.650. The van der Waals surface area contributed by atoms with Gasteiger partial charge in [0.25, 0.3) is 0 Å². The summed E-state index contributed by atoms with van der Waals surface area (Å²) in [6.07, 6.45) is 5.16. The SMILES string of the molecule is CCNC(=NCC(C)Oc1cccc(Cl)c1)NC1CCN(C2CC2)CC1. The van der Waals surface area contributed by atoms with Gasteiger partial charge in [-0.25, -0.2) is 4.99 Å². The number of rotatable bonds is 7. The summed E-state index contributed by atoms with van der Waals surface area (Å²) in [4.78, 5) is 7.36. The Labute approximate surface area is 162 Å². The molecule has 5 nitrogen and oxygen atoms in total. The van der Waals surface area contributed by atoms with Gasteiger partial charge >= 0.3 is 0 Å². The fourth-order valence-electron chi connectivity index (χ4n) is 3.39. The van der Waals surface area contributed by atoms with E-state index in [2.05, 4.69) is 22.5 Å². The minimum absolute atomic E-state index is 0.0133. The van der Waals surface area contributed by atoms with Gasteiger partial charge in [0.2, 0.25) is 0 Å². The highest BCUT2D eigenvalue weighted by Gasteiger charge is 2.31. The van der Waals surface area contributed by atoms with Gasteiger partial charge < -0.3 is 20.3 Å². The van der Waals surface area contributed by atoms with Crippen molar-refractivity contribution in [3.63, 3.8) is 0 Å². The monoisotopic (exact) mass is 378 g/mol. The number of hydrogen-bond donors (Lipinski definition) is 2. The van der Waals surface area contributed by atoms with Gasteiger partial charge in [-0.2, -0.15) is 0 Å². The van der Waals surface area contributed by atoms with Crippen LogP contribution in [0.15, 0.2) is 29.3 Å². The number of halogens is 1. The van der Waals surface area contributed by atoms with Gasteiger partial charge in [-0.3, -0.25) is 0 Å². The summed E-state index contributed by atoms with van der Waals surface area (Å²) in [7, 11) is 0. The Hall–Kier alpha value is -1.46. The minimum atomic E-state index is -0.0133. The first-order chi connectivity index (χ1) is 12.6. The van der Waals surface area contributed by atoms with Crippen molar-refractivity contribution in [2.45, 2.75) is 57.7 Å². The Morgan fingerprint density at radius 3 is 2.73 bits per heavy atom. The van der Waals surface area contributed by atoms with Gasteiger partial charge in [0, 0.05) is 36.7 Å². The van der Waals surface area contributed by atoms with Crippen molar-refractivity contribution < 1.29 is 4.74 Å². The van der Waals surface area contributed by atoms with Crippen molar-refractivity contribution in [3.05, 3.63) is 29.3 Å². The van der Waals surface area contributed by atoms with Crippen LogP contribution in [0, 0.1) is 0 Å². The molecule has 1 saturated carbocycles. The lowest BCUT2D eigenvalue weighted by atomic mass is 10.1. The second kappa shape index (κ2) is 9.47. The van der Waals surface area contributed by atoms with E-state index >= 15 is 0 Å². The minimum Gasteiger partial charge on any atom is -0.489 e. The van der Waals surface area contributed by atoms with Crippen molar-refractivity contribution in [2.24, 2.45) is 4.99 Å². The molecule has 1 aliphatic heterocycles. The number of piperidine rings is 1. The van der Waals surface area contributed by atoms with Crippen LogP contribution in [-0.4, -0.2) is 55.2 Å². The van der Waals surface area contributed by atoms with Gasteiger partial charge in [0.15, 0.2) is 5.96 Å². The third kappa shape index (κ3) is 6.06. The van der Waals surface area contributed by atoms with Gasteiger partial charge in [0.1, 0.15) is 11.9 Å². The van der Waals surface area contributed by atoms with Crippen LogP contribution >= 0.6 is 11.6 Å². The van der Waals surface area contributed by atoms with E-state index in [0.717, 1.165) is 24.3 Å². The number of nitrogens with zero attached hydrogens (tertiary/aromatic N) is 2. The van der Waals surface area contributed by atoms with E-state index in [1.165, 1.54) is 38.8 Å². The lowest BCUT2D eigenvalue weighted by Gasteiger charge is -2.33. The maximum absolute atomic E-state index is 6.01. The maximum Gasteiger partial charge on any atom is 0.191 e. The average Bonchev–Trinajstić information content (AvgIpc) is 3.46. The molecule has 3 rings (SSSR count). The number of ether oxygens (including phenoxy) is 1. The van der Waals surface area contributed by atoms with Gasteiger partial charge in [-0.1, -0.05) is 17.7 Å². The average molecular weight is 379 g/mol. The van der Waals surface area contributed by atoms with E-state index < -0.39 is 0 Å². The normalized spacial score (nSPS) is 20.7. The van der Waals surface area contributed by atoms with Gasteiger partial charge in [-0.15, -0.1) is 0 Å². The summed E-state index contributed by atoms with van der Waals surface area (Å²) >= 11 is 6.01. The summed E-state index contributed by atoms with van der Waals surface area (Å²) in [5.74, 6) is 1.67. The molecule has 1 aromatic carbocycles. The highest BCUT2D eigenvalue weighted by Crippen LogP contribution is 2.29. The molecule has 1 atom stereocenters. The van der Waals surface area contributed by atoms with E-state index in [0.29, 0.717) is 17.6 Å². The highest BCUT2D eigenvalue weighted by molar-refractivity contribution is 6.30. The predicted octanol–water partition coefficient (Wildman–Crippen LogP) is 3.29. The summed E-state index contributed by atoms with van der Waals surface area (Å²) in [5, 5.41) is 7.64. The highest BCUT2D eigenvalue weighted by atomic mass is 35.5. The summed E-state index contributed by atoms with van der Waals surface area (Å²) < 4.78 is 5.91. The molecule has 0 radical (unpaired) electrons. The molecular weight excluding hydrogens is 348 g/mol. The topological polar surface area (TPSA) is 48.9 Å². The van der Waals surface area contributed by atoms with E-state index in [-0.39, 0.29) is 6.10 Å². The Morgan fingerprint density at radius 2 is 2.08 bits per heavy atom. The zero-order chi connectivity index (χ0) is 18.4. The quantitative estimate of drug-likeness (QED) is 0.564. The molecule has 0 bridgehead atoms. The molecule has 0 aromatic heterocycles. The van der Waals surface area contributed by atoms with Crippen LogP contribution in [0.3, 0.4) is 0 Å². The van der Waals surface area contributed by atoms with Crippen LogP contribution in [-0.2, 0) is 0 Å². The number of hydrogen-bond acceptors (Lipinski definition) is 3. The van der Waals surface area contributed by atoms with Crippen molar-refractivity contribution >= 4 is 17.6 Å². The van der Waals surface area contributed by atoms with Gasteiger partial charge in [0.05, 0.1) is 6.54 Å². The number of aliphatic imine (C=N–C) groups is 1. The molecule has 2 fully saturated rings. The molecule has 0 amide bonds. The molecular formula is C20H31ClN4O. The molecule has 1 aromatic rings. The van der Waals surface area contributed by atoms with Crippen molar-refractivity contribution in [1.82, 2.24) is 15.5 Å². The van der Waals surface area contributed by atoms with Gasteiger partial charge in [-0.05, 0) is 57.7 Å². The third-order valence-electron chi connectivity index (χ3n) is 4.92. The standard InChI is InChI=1S/C20H31ClN4O/c1-3-22-20(24-17-9-11-25(12-10-17)18-7-8-18)23-14-15(2)26-19-6-4-5-16(21)13-19/h4-6,13,15,17-18H,3,7-12,14H2,1-2H3,(H2,22,23,24). The van der Waals surface area contributed by atoms with Crippen LogP contribution < -0.4 is 15.4 Å². The Morgan fingerprint density at radius 1 is 1.31 bits per heavy atom. The molecule has 1 aliphatic carbocycles. The van der Waals surface area contributed by atoms with Crippen LogP contribution in [0.4, 0.5) is 0 Å². The molecule has 144 valence electrons. The summed E-state index contributed by atoms with van der Waals surface area (Å²) in [5.41, 5.74) is 0. The lowest BCUT2D eigenvalue weighted by molar-refractivity contribution is 0.197. The first-order valence-electron chi connectivity index (χ1n) is 9.85. The zero-order valence-electron chi connectivity index (χ0n) is 15.9. The first-order valence-corrected chi connectivity index (χ1v) is 10.2.